The summed E-state index contributed by atoms with van der Waals surface area (Å²) in [5.74, 6) is -0.648. The lowest BCUT2D eigenvalue weighted by atomic mass is 10.3. The second-order valence-corrected chi connectivity index (χ2v) is 5.54. The largest absolute Gasteiger partial charge is 0.342 e. The van der Waals surface area contributed by atoms with Crippen molar-refractivity contribution in [3.05, 3.63) is 28.5 Å². The molecular formula is C12H15N5O2S. The Balaban J connectivity index is 1.87. The van der Waals surface area contributed by atoms with Crippen molar-refractivity contribution in [3.8, 4) is 0 Å². The Bertz CT molecular complexity index is 646. The molecule has 2 aromatic heterocycles. The molecule has 0 fully saturated rings. The van der Waals surface area contributed by atoms with Gasteiger partial charge < -0.3 is 10.6 Å². The van der Waals surface area contributed by atoms with Crippen molar-refractivity contribution < 1.29 is 9.59 Å². The summed E-state index contributed by atoms with van der Waals surface area (Å²) in [6.07, 6.45) is 1.68. The molecule has 0 spiro atoms. The Labute approximate surface area is 120 Å². The summed E-state index contributed by atoms with van der Waals surface area (Å²) in [5, 5.41) is 9.77. The normalized spacial score (nSPS) is 10.3. The van der Waals surface area contributed by atoms with Gasteiger partial charge in [0.1, 0.15) is 5.69 Å². The monoisotopic (exact) mass is 293 g/mol. The quantitative estimate of drug-likeness (QED) is 0.875. The molecule has 0 unspecified atom stereocenters. The molecule has 2 rings (SSSR count). The molecule has 0 aromatic carbocycles. The number of carbonyl (C=O) groups is 2. The van der Waals surface area contributed by atoms with Gasteiger partial charge in [-0.15, -0.1) is 11.3 Å². The third kappa shape index (κ3) is 3.41. The Hall–Kier alpha value is -2.22. The van der Waals surface area contributed by atoms with E-state index in [1.54, 1.807) is 26.2 Å². The van der Waals surface area contributed by atoms with E-state index < -0.39 is 0 Å². The van der Waals surface area contributed by atoms with Crippen LogP contribution in [0.5, 0.6) is 0 Å². The molecule has 0 saturated heterocycles. The molecule has 2 N–H and O–H groups in total. The lowest BCUT2D eigenvalue weighted by molar-refractivity contribution is -0.115. The maximum Gasteiger partial charge on any atom is 0.269 e. The first-order valence-electron chi connectivity index (χ1n) is 5.97. The molecule has 0 radical (unpaired) electrons. The highest BCUT2D eigenvalue weighted by atomic mass is 32.1. The first kappa shape index (κ1) is 14.2. The SMILES string of the molecule is Cc1cc(C(=O)NCC(=O)Nc2ncc(C)s2)n(C)n1. The summed E-state index contributed by atoms with van der Waals surface area (Å²) in [4.78, 5) is 28.6. The minimum Gasteiger partial charge on any atom is -0.342 e. The first-order valence-corrected chi connectivity index (χ1v) is 6.78. The highest BCUT2D eigenvalue weighted by Gasteiger charge is 2.13. The minimum atomic E-state index is -0.335. The second-order valence-electron chi connectivity index (χ2n) is 4.30. The summed E-state index contributed by atoms with van der Waals surface area (Å²) < 4.78 is 1.48. The van der Waals surface area contributed by atoms with Gasteiger partial charge in [0.25, 0.3) is 5.91 Å². The highest BCUT2D eigenvalue weighted by molar-refractivity contribution is 7.15. The van der Waals surface area contributed by atoms with Gasteiger partial charge in [-0.3, -0.25) is 14.3 Å². The van der Waals surface area contributed by atoms with E-state index in [0.29, 0.717) is 10.8 Å². The Morgan fingerprint density at radius 2 is 2.15 bits per heavy atom. The fourth-order valence-corrected chi connectivity index (χ4v) is 2.33. The fourth-order valence-electron chi connectivity index (χ4n) is 1.65. The van der Waals surface area contributed by atoms with Crippen LogP contribution in [0.1, 0.15) is 21.1 Å². The number of nitrogens with zero attached hydrogens (tertiary/aromatic N) is 3. The Morgan fingerprint density at radius 1 is 1.40 bits per heavy atom. The summed E-state index contributed by atoms with van der Waals surface area (Å²) in [6, 6.07) is 1.66. The molecule has 0 atom stereocenters. The number of carbonyl (C=O) groups excluding carboxylic acids is 2. The predicted octanol–water partition coefficient (Wildman–Crippen LogP) is 0.862. The molecule has 7 nitrogen and oxygen atoms in total. The van der Waals surface area contributed by atoms with Crippen molar-refractivity contribution in [1.82, 2.24) is 20.1 Å². The van der Waals surface area contributed by atoms with Crippen LogP contribution in [-0.2, 0) is 11.8 Å². The molecule has 8 heteroatoms. The summed E-state index contributed by atoms with van der Waals surface area (Å²) in [5.41, 5.74) is 1.17. The van der Waals surface area contributed by atoms with Crippen molar-refractivity contribution in [2.24, 2.45) is 7.05 Å². The van der Waals surface area contributed by atoms with E-state index >= 15 is 0 Å². The van der Waals surface area contributed by atoms with Crippen molar-refractivity contribution in [1.29, 1.82) is 0 Å². The van der Waals surface area contributed by atoms with Crippen molar-refractivity contribution >= 4 is 28.3 Å². The lowest BCUT2D eigenvalue weighted by Crippen LogP contribution is -2.33. The summed E-state index contributed by atoms with van der Waals surface area (Å²) in [6.45, 7) is 3.59. The molecular weight excluding hydrogens is 278 g/mol. The van der Waals surface area contributed by atoms with E-state index in [9.17, 15) is 9.59 Å². The van der Waals surface area contributed by atoms with Gasteiger partial charge >= 0.3 is 0 Å². The van der Waals surface area contributed by atoms with Gasteiger partial charge in [-0.05, 0) is 19.9 Å². The molecule has 0 saturated carbocycles. The standard InChI is InChI=1S/C12H15N5O2S/c1-7-4-9(17(3)16-7)11(19)13-6-10(18)15-12-14-5-8(2)20-12/h4-5H,6H2,1-3H3,(H,13,19)(H,14,15,18). The third-order valence-electron chi connectivity index (χ3n) is 2.51. The number of hydrogen-bond donors (Lipinski definition) is 2. The number of amides is 2. The smallest absolute Gasteiger partial charge is 0.269 e. The van der Waals surface area contributed by atoms with Gasteiger partial charge in [0, 0.05) is 18.1 Å². The number of nitrogens with one attached hydrogen (secondary N) is 2. The molecule has 2 amide bonds. The van der Waals surface area contributed by atoms with Crippen molar-refractivity contribution in [3.63, 3.8) is 0 Å². The highest BCUT2D eigenvalue weighted by Crippen LogP contribution is 2.15. The zero-order valence-corrected chi connectivity index (χ0v) is 12.2. The first-order chi connectivity index (χ1) is 9.45. The van der Waals surface area contributed by atoms with E-state index in [2.05, 4.69) is 20.7 Å². The zero-order chi connectivity index (χ0) is 14.7. The summed E-state index contributed by atoms with van der Waals surface area (Å²) in [7, 11) is 1.68. The number of anilines is 1. The topological polar surface area (TPSA) is 88.9 Å². The van der Waals surface area contributed by atoms with Crippen LogP contribution in [0, 0.1) is 13.8 Å². The number of rotatable bonds is 4. The third-order valence-corrected chi connectivity index (χ3v) is 3.34. The van der Waals surface area contributed by atoms with E-state index in [4.69, 9.17) is 0 Å². The average Bonchev–Trinajstić information content (AvgIpc) is 2.92. The molecule has 2 aromatic rings. The molecule has 0 aliphatic carbocycles. The van der Waals surface area contributed by atoms with Crippen LogP contribution in [0.3, 0.4) is 0 Å². The van der Waals surface area contributed by atoms with E-state index in [1.807, 2.05) is 6.92 Å². The van der Waals surface area contributed by atoms with Crippen LogP contribution in [0.2, 0.25) is 0 Å². The van der Waals surface area contributed by atoms with Crippen LogP contribution in [0.25, 0.3) is 0 Å². The van der Waals surface area contributed by atoms with Gasteiger partial charge in [0.05, 0.1) is 12.2 Å². The van der Waals surface area contributed by atoms with Gasteiger partial charge in [0.2, 0.25) is 5.91 Å². The zero-order valence-electron chi connectivity index (χ0n) is 11.4. The van der Waals surface area contributed by atoms with Crippen LogP contribution < -0.4 is 10.6 Å². The lowest BCUT2D eigenvalue weighted by Gasteiger charge is -2.05. The van der Waals surface area contributed by atoms with Gasteiger partial charge in [0.15, 0.2) is 5.13 Å². The number of aromatic nitrogens is 3. The number of aryl methyl sites for hydroxylation is 3. The molecule has 0 aliphatic heterocycles. The molecule has 0 aliphatic rings. The van der Waals surface area contributed by atoms with Crippen LogP contribution in [0.15, 0.2) is 12.3 Å². The van der Waals surface area contributed by atoms with Crippen LogP contribution >= 0.6 is 11.3 Å². The van der Waals surface area contributed by atoms with E-state index in [0.717, 1.165) is 10.6 Å². The number of thiazole rings is 1. The second kappa shape index (κ2) is 5.83. The van der Waals surface area contributed by atoms with Gasteiger partial charge in [-0.25, -0.2) is 4.98 Å². The molecule has 20 heavy (non-hydrogen) atoms. The van der Waals surface area contributed by atoms with Crippen LogP contribution in [0.4, 0.5) is 5.13 Å². The van der Waals surface area contributed by atoms with Gasteiger partial charge in [-0.1, -0.05) is 0 Å². The average molecular weight is 293 g/mol. The Morgan fingerprint density at radius 3 is 2.70 bits per heavy atom. The number of hydrogen-bond acceptors (Lipinski definition) is 5. The van der Waals surface area contributed by atoms with Crippen LogP contribution in [-0.4, -0.2) is 33.1 Å². The Kier molecular flexibility index (Phi) is 4.14. The summed E-state index contributed by atoms with van der Waals surface area (Å²) >= 11 is 1.38. The fraction of sp³-hybridized carbons (Fsp3) is 0.333. The minimum absolute atomic E-state index is 0.109. The maximum atomic E-state index is 11.9. The maximum absolute atomic E-state index is 11.9. The molecule has 0 bridgehead atoms. The van der Waals surface area contributed by atoms with E-state index in [-0.39, 0.29) is 18.4 Å². The van der Waals surface area contributed by atoms with Crippen molar-refractivity contribution in [2.75, 3.05) is 11.9 Å². The molecule has 2 heterocycles. The van der Waals surface area contributed by atoms with Gasteiger partial charge in [-0.2, -0.15) is 5.10 Å². The van der Waals surface area contributed by atoms with E-state index in [1.165, 1.54) is 16.0 Å². The molecule has 106 valence electrons. The van der Waals surface area contributed by atoms with Crippen molar-refractivity contribution in [2.45, 2.75) is 13.8 Å². The predicted molar refractivity (Wildman–Crippen MR) is 75.8 cm³/mol.